The Labute approximate surface area is 237 Å². The SMILES string of the molecule is CCC[N+]1(CCNC(=O)CC[C@@H](C)[C@H]2CCC3C4C(O)CC5C[C@H](O)CC[C@]5(C)C4C[C@H](O)[C@@]32C)CCCC1. The van der Waals surface area contributed by atoms with Crippen LogP contribution in [0.4, 0.5) is 0 Å². The maximum absolute atomic E-state index is 12.8. The van der Waals surface area contributed by atoms with Gasteiger partial charge in [0.2, 0.25) is 5.91 Å². The predicted molar refractivity (Wildman–Crippen MR) is 155 cm³/mol. The molecular weight excluding hydrogens is 488 g/mol. The van der Waals surface area contributed by atoms with E-state index >= 15 is 0 Å². The number of rotatable bonds is 9. The Morgan fingerprint density at radius 3 is 2.46 bits per heavy atom. The lowest BCUT2D eigenvalue weighted by Gasteiger charge is -2.63. The predicted octanol–water partition coefficient (Wildman–Crippen LogP) is 4.50. The normalized spacial score (nSPS) is 45.7. The molecule has 0 aromatic rings. The van der Waals surface area contributed by atoms with Gasteiger partial charge in [0.1, 0.15) is 0 Å². The van der Waals surface area contributed by atoms with E-state index in [1.54, 1.807) is 0 Å². The van der Waals surface area contributed by atoms with Gasteiger partial charge in [0.25, 0.3) is 0 Å². The molecule has 1 aliphatic heterocycles. The second kappa shape index (κ2) is 11.5. The number of hydrogen-bond donors (Lipinski definition) is 4. The van der Waals surface area contributed by atoms with Crippen molar-refractivity contribution >= 4 is 5.91 Å². The minimum atomic E-state index is -0.360. The van der Waals surface area contributed by atoms with Gasteiger partial charge in [-0.15, -0.1) is 0 Å². The van der Waals surface area contributed by atoms with Gasteiger partial charge < -0.3 is 25.1 Å². The molecule has 5 fully saturated rings. The highest BCUT2D eigenvalue weighted by Gasteiger charge is 2.65. The standard InChI is InChI=1S/C33H58N2O4/c1-5-15-35(16-6-7-17-35)18-14-34-30(39)11-8-22(2)25-9-10-26-31-27(21-29(38)33(25,26)4)32(3)13-12-24(36)19-23(32)20-28(31)37/h22-29,31,36-38H,5-21H2,1-4H3/p+1/t22-,23?,24-,25-,26?,27?,28?,29+,31?,32+,33-/m1/s1. The van der Waals surface area contributed by atoms with E-state index < -0.39 is 0 Å². The van der Waals surface area contributed by atoms with E-state index in [0.29, 0.717) is 36.0 Å². The molecule has 224 valence electrons. The summed E-state index contributed by atoms with van der Waals surface area (Å²) in [5.41, 5.74) is -0.0813. The molecule has 0 aromatic heterocycles. The van der Waals surface area contributed by atoms with Crippen LogP contribution in [0.1, 0.15) is 105 Å². The molecule has 4 saturated carbocycles. The number of aliphatic hydroxyl groups excluding tert-OH is 3. The molecule has 5 aliphatic rings. The highest BCUT2D eigenvalue weighted by molar-refractivity contribution is 5.75. The summed E-state index contributed by atoms with van der Waals surface area (Å²) < 4.78 is 1.18. The molecule has 39 heavy (non-hydrogen) atoms. The van der Waals surface area contributed by atoms with Crippen LogP contribution in [0.2, 0.25) is 0 Å². The van der Waals surface area contributed by atoms with E-state index in [1.165, 1.54) is 43.4 Å². The molecular formula is C33H59N2O4+. The van der Waals surface area contributed by atoms with Crippen molar-refractivity contribution in [3.05, 3.63) is 0 Å². The monoisotopic (exact) mass is 547 g/mol. The molecule has 0 spiro atoms. The van der Waals surface area contributed by atoms with Crippen LogP contribution in [0.25, 0.3) is 0 Å². The van der Waals surface area contributed by atoms with Crippen molar-refractivity contribution < 1.29 is 24.6 Å². The Balaban J connectivity index is 1.18. The van der Waals surface area contributed by atoms with E-state index in [1.807, 2.05) is 0 Å². The number of nitrogens with zero attached hydrogens (tertiary/aromatic N) is 1. The van der Waals surface area contributed by atoms with Gasteiger partial charge in [-0.2, -0.15) is 0 Å². The molecule has 4 aliphatic carbocycles. The van der Waals surface area contributed by atoms with Gasteiger partial charge in [0.05, 0.1) is 51.0 Å². The molecule has 6 nitrogen and oxygen atoms in total. The number of quaternary nitrogens is 1. The van der Waals surface area contributed by atoms with Crippen molar-refractivity contribution in [2.24, 2.45) is 46.3 Å². The molecule has 4 N–H and O–H groups in total. The summed E-state index contributed by atoms with van der Waals surface area (Å²) in [5, 5.41) is 36.9. The number of amides is 1. The Morgan fingerprint density at radius 2 is 1.74 bits per heavy atom. The summed E-state index contributed by atoms with van der Waals surface area (Å²) in [6.07, 6.45) is 10.8. The Bertz CT molecular complexity index is 861. The van der Waals surface area contributed by atoms with Gasteiger partial charge in [-0.05, 0) is 104 Å². The Kier molecular flexibility index (Phi) is 8.81. The summed E-state index contributed by atoms with van der Waals surface area (Å²) in [6, 6.07) is 0. The van der Waals surface area contributed by atoms with Crippen molar-refractivity contribution in [2.45, 2.75) is 123 Å². The third-order valence-corrected chi connectivity index (χ3v) is 13.5. The fourth-order valence-electron chi connectivity index (χ4n) is 11.3. The van der Waals surface area contributed by atoms with Crippen molar-refractivity contribution in [3.8, 4) is 0 Å². The van der Waals surface area contributed by atoms with Gasteiger partial charge >= 0.3 is 0 Å². The topological polar surface area (TPSA) is 89.8 Å². The lowest BCUT2D eigenvalue weighted by Crippen LogP contribution is -2.62. The number of carbonyl (C=O) groups excluding carboxylic acids is 1. The number of nitrogens with one attached hydrogen (secondary N) is 1. The molecule has 1 saturated heterocycles. The second-order valence-corrected chi connectivity index (χ2v) is 15.3. The van der Waals surface area contributed by atoms with Gasteiger partial charge in [-0.25, -0.2) is 0 Å². The number of hydrogen-bond acceptors (Lipinski definition) is 4. The maximum atomic E-state index is 12.8. The highest BCUT2D eigenvalue weighted by Crippen LogP contribution is 2.68. The summed E-state index contributed by atoms with van der Waals surface area (Å²) >= 11 is 0. The third kappa shape index (κ3) is 5.34. The molecule has 5 unspecified atom stereocenters. The first-order valence-corrected chi connectivity index (χ1v) is 16.7. The Morgan fingerprint density at radius 1 is 1.00 bits per heavy atom. The van der Waals surface area contributed by atoms with Crippen LogP contribution in [0, 0.1) is 46.3 Å². The van der Waals surface area contributed by atoms with E-state index in [4.69, 9.17) is 0 Å². The zero-order valence-electron chi connectivity index (χ0n) is 25.4. The third-order valence-electron chi connectivity index (χ3n) is 13.5. The van der Waals surface area contributed by atoms with E-state index in [9.17, 15) is 20.1 Å². The van der Waals surface area contributed by atoms with Gasteiger partial charge in [-0.3, -0.25) is 4.79 Å². The quantitative estimate of drug-likeness (QED) is 0.320. The molecule has 0 aromatic carbocycles. The van der Waals surface area contributed by atoms with Crippen LogP contribution >= 0.6 is 0 Å². The van der Waals surface area contributed by atoms with Crippen molar-refractivity contribution in [1.82, 2.24) is 5.32 Å². The van der Waals surface area contributed by atoms with Crippen LogP contribution in [0.15, 0.2) is 0 Å². The summed E-state index contributed by atoms with van der Waals surface area (Å²) in [7, 11) is 0. The Hall–Kier alpha value is -0.690. The molecule has 0 bridgehead atoms. The first-order valence-electron chi connectivity index (χ1n) is 16.7. The maximum Gasteiger partial charge on any atom is 0.220 e. The minimum Gasteiger partial charge on any atom is -0.393 e. The smallest absolute Gasteiger partial charge is 0.220 e. The number of fused-ring (bicyclic) bond motifs is 5. The molecule has 11 atom stereocenters. The van der Waals surface area contributed by atoms with Crippen LogP contribution < -0.4 is 5.32 Å². The molecule has 0 radical (unpaired) electrons. The molecule has 5 rings (SSSR count). The fourth-order valence-corrected chi connectivity index (χ4v) is 11.3. The largest absolute Gasteiger partial charge is 0.393 e. The summed E-state index contributed by atoms with van der Waals surface area (Å²) in [6.45, 7) is 14.9. The van der Waals surface area contributed by atoms with Gasteiger partial charge in [-0.1, -0.05) is 27.7 Å². The van der Waals surface area contributed by atoms with Crippen molar-refractivity contribution in [1.29, 1.82) is 0 Å². The van der Waals surface area contributed by atoms with E-state index in [0.717, 1.165) is 64.5 Å². The lowest BCUT2D eigenvalue weighted by atomic mass is 9.43. The highest BCUT2D eigenvalue weighted by atomic mass is 16.3. The van der Waals surface area contributed by atoms with Gasteiger partial charge in [0.15, 0.2) is 0 Å². The summed E-state index contributed by atoms with van der Waals surface area (Å²) in [5.74, 6) is 2.23. The lowest BCUT2D eigenvalue weighted by molar-refractivity contribution is -0.915. The number of carbonyl (C=O) groups is 1. The van der Waals surface area contributed by atoms with Crippen LogP contribution in [0.3, 0.4) is 0 Å². The minimum absolute atomic E-state index is 0.111. The van der Waals surface area contributed by atoms with Crippen LogP contribution in [-0.4, -0.2) is 76.7 Å². The first-order chi connectivity index (χ1) is 18.5. The number of likely N-dealkylation sites (tertiary alicyclic amines) is 1. The summed E-state index contributed by atoms with van der Waals surface area (Å²) in [4.78, 5) is 12.8. The van der Waals surface area contributed by atoms with Crippen molar-refractivity contribution in [2.75, 3.05) is 32.7 Å². The molecule has 6 heteroatoms. The van der Waals surface area contributed by atoms with Crippen LogP contribution in [-0.2, 0) is 4.79 Å². The van der Waals surface area contributed by atoms with Crippen molar-refractivity contribution in [3.63, 3.8) is 0 Å². The van der Waals surface area contributed by atoms with E-state index in [2.05, 4.69) is 33.0 Å². The van der Waals surface area contributed by atoms with E-state index in [-0.39, 0.29) is 41.0 Å². The molecule has 1 heterocycles. The average molecular weight is 548 g/mol. The zero-order chi connectivity index (χ0) is 28.0. The molecule has 1 amide bonds. The van der Waals surface area contributed by atoms with Crippen LogP contribution in [0.5, 0.6) is 0 Å². The number of aliphatic hydroxyl groups is 3. The zero-order valence-corrected chi connectivity index (χ0v) is 25.4. The first kappa shape index (κ1) is 29.8. The second-order valence-electron chi connectivity index (χ2n) is 15.3. The van der Waals surface area contributed by atoms with Gasteiger partial charge in [0, 0.05) is 19.3 Å². The fraction of sp³-hybridized carbons (Fsp3) is 0.970. The average Bonchev–Trinajstić information content (AvgIpc) is 3.50.